The third-order valence-corrected chi connectivity index (χ3v) is 7.18. The lowest BCUT2D eigenvalue weighted by Crippen LogP contribution is -2.20. The van der Waals surface area contributed by atoms with E-state index >= 15 is 0 Å². The van der Waals surface area contributed by atoms with E-state index in [0.29, 0.717) is 35.0 Å². The molecule has 0 atom stereocenters. The van der Waals surface area contributed by atoms with Crippen molar-refractivity contribution >= 4 is 23.5 Å². The average molecular weight is 480 g/mol. The Hall–Kier alpha value is -3.45. The molecule has 0 radical (unpaired) electrons. The third-order valence-electron chi connectivity index (χ3n) is 6.24. The van der Waals surface area contributed by atoms with Crippen molar-refractivity contribution in [2.45, 2.75) is 57.7 Å². The van der Waals surface area contributed by atoms with Gasteiger partial charge in [-0.2, -0.15) is 5.26 Å². The van der Waals surface area contributed by atoms with Crippen LogP contribution < -0.4 is 15.9 Å². The van der Waals surface area contributed by atoms with Gasteiger partial charge in [0.2, 0.25) is 11.1 Å². The summed E-state index contributed by atoms with van der Waals surface area (Å²) in [5, 5.41) is 21.5. The summed E-state index contributed by atoms with van der Waals surface area (Å²) in [4.78, 5) is 12.9. The number of amides is 1. The van der Waals surface area contributed by atoms with Gasteiger partial charge >= 0.3 is 0 Å². The Morgan fingerprint density at radius 3 is 2.62 bits per heavy atom. The number of ether oxygens (including phenoxy) is 1. The lowest BCUT2D eigenvalue weighted by Gasteiger charge is -2.19. The molecule has 0 spiro atoms. The zero-order valence-corrected chi connectivity index (χ0v) is 20.5. The lowest BCUT2D eigenvalue weighted by molar-refractivity contribution is -0.113. The van der Waals surface area contributed by atoms with Gasteiger partial charge in [-0.3, -0.25) is 4.79 Å². The average Bonchev–Trinajstić information content (AvgIpc) is 3.53. The quantitative estimate of drug-likeness (QED) is 0.367. The highest BCUT2D eigenvalue weighted by Gasteiger charge is 2.27. The Kier molecular flexibility index (Phi) is 7.12. The number of hydrogen-bond donors (Lipinski definition) is 2. The van der Waals surface area contributed by atoms with Crippen molar-refractivity contribution < 1.29 is 9.53 Å². The third kappa shape index (κ3) is 4.61. The van der Waals surface area contributed by atoms with Crippen LogP contribution in [0.25, 0.3) is 11.4 Å². The van der Waals surface area contributed by atoms with Crippen molar-refractivity contribution in [1.82, 2.24) is 19.4 Å². The van der Waals surface area contributed by atoms with Crippen LogP contribution in [0.15, 0.2) is 29.4 Å². The number of nitrogen functional groups attached to an aromatic ring is 1. The highest BCUT2D eigenvalue weighted by atomic mass is 32.2. The van der Waals surface area contributed by atoms with Gasteiger partial charge in [0.1, 0.15) is 17.6 Å². The molecular weight excluding hydrogens is 450 g/mol. The molecule has 0 bridgehead atoms. The van der Waals surface area contributed by atoms with E-state index in [1.54, 1.807) is 0 Å². The fourth-order valence-electron chi connectivity index (χ4n) is 4.44. The minimum Gasteiger partial charge on any atom is -0.494 e. The van der Waals surface area contributed by atoms with Crippen molar-refractivity contribution in [1.29, 1.82) is 5.26 Å². The minimum atomic E-state index is -0.219. The highest BCUT2D eigenvalue weighted by molar-refractivity contribution is 7.99. The number of rotatable bonds is 8. The second-order valence-electron chi connectivity index (χ2n) is 8.32. The predicted octanol–water partition coefficient (Wildman–Crippen LogP) is 4.19. The van der Waals surface area contributed by atoms with E-state index in [2.05, 4.69) is 26.2 Å². The van der Waals surface area contributed by atoms with Gasteiger partial charge in [-0.25, -0.2) is 4.68 Å². The molecule has 1 fully saturated rings. The molecule has 3 N–H and O–H groups in total. The number of nitrogens with two attached hydrogens (primary N) is 1. The van der Waals surface area contributed by atoms with Gasteiger partial charge in [0, 0.05) is 17.3 Å². The molecule has 4 rings (SSSR count). The number of hydrogen-bond acceptors (Lipinski definition) is 7. The normalized spacial score (nSPS) is 13.7. The Balaban J connectivity index is 1.46. The Labute approximate surface area is 203 Å². The fourth-order valence-corrected chi connectivity index (χ4v) is 5.10. The second kappa shape index (κ2) is 10.2. The minimum absolute atomic E-state index is 0.0947. The van der Waals surface area contributed by atoms with Gasteiger partial charge in [-0.15, -0.1) is 10.2 Å². The summed E-state index contributed by atoms with van der Waals surface area (Å²) in [5.41, 5.74) is 3.28. The Morgan fingerprint density at radius 2 is 1.97 bits per heavy atom. The summed E-state index contributed by atoms with van der Waals surface area (Å²) in [6.07, 6.45) is 4.44. The van der Waals surface area contributed by atoms with Crippen molar-refractivity contribution in [2.75, 3.05) is 23.5 Å². The summed E-state index contributed by atoms with van der Waals surface area (Å²) in [5.74, 6) is 7.95. The maximum absolute atomic E-state index is 12.9. The van der Waals surface area contributed by atoms with E-state index in [4.69, 9.17) is 10.6 Å². The van der Waals surface area contributed by atoms with Crippen LogP contribution in [-0.4, -0.2) is 37.7 Å². The van der Waals surface area contributed by atoms with E-state index in [9.17, 15) is 10.1 Å². The number of carbonyl (C=O) groups excluding carboxylic acids is 1. The molecule has 0 unspecified atom stereocenters. The van der Waals surface area contributed by atoms with Gasteiger partial charge < -0.3 is 20.5 Å². The maximum Gasteiger partial charge on any atom is 0.235 e. The van der Waals surface area contributed by atoms with Crippen LogP contribution in [0.3, 0.4) is 0 Å². The van der Waals surface area contributed by atoms with Crippen LogP contribution in [0, 0.1) is 25.2 Å². The van der Waals surface area contributed by atoms with Crippen LogP contribution >= 0.6 is 11.8 Å². The zero-order valence-electron chi connectivity index (χ0n) is 19.7. The van der Waals surface area contributed by atoms with E-state index in [1.165, 1.54) is 16.4 Å². The van der Waals surface area contributed by atoms with E-state index in [1.807, 2.05) is 45.0 Å². The summed E-state index contributed by atoms with van der Waals surface area (Å²) in [7, 11) is 0. The monoisotopic (exact) mass is 479 g/mol. The van der Waals surface area contributed by atoms with Crippen LogP contribution in [-0.2, 0) is 4.79 Å². The first kappa shape index (κ1) is 23.7. The summed E-state index contributed by atoms with van der Waals surface area (Å²) in [6.45, 7) is 6.47. The first-order valence-corrected chi connectivity index (χ1v) is 12.4. The molecular formula is C24H29N7O2S. The molecule has 3 aromatic rings. The van der Waals surface area contributed by atoms with Gasteiger partial charge in [0.05, 0.1) is 17.9 Å². The molecule has 1 aliphatic carbocycles. The van der Waals surface area contributed by atoms with Gasteiger partial charge in [-0.05, 0) is 63.4 Å². The van der Waals surface area contributed by atoms with Crippen molar-refractivity contribution in [3.8, 4) is 23.2 Å². The number of nitrogens with one attached hydrogen (secondary N) is 1. The molecule has 178 valence electrons. The smallest absolute Gasteiger partial charge is 0.235 e. The van der Waals surface area contributed by atoms with Crippen molar-refractivity contribution in [3.05, 3.63) is 41.1 Å². The molecule has 0 aliphatic heterocycles. The molecule has 34 heavy (non-hydrogen) atoms. The number of aromatic nitrogens is 4. The van der Waals surface area contributed by atoms with Crippen LogP contribution in [0.2, 0.25) is 0 Å². The van der Waals surface area contributed by atoms with Gasteiger partial charge in [0.25, 0.3) is 0 Å². The number of benzene rings is 1. The molecule has 2 aromatic heterocycles. The van der Waals surface area contributed by atoms with Crippen molar-refractivity contribution in [3.63, 3.8) is 0 Å². The standard InChI is InChI=1S/C24H29N7O2S/c1-4-33-19-11-9-17(10-12-19)22-28-29-24(31(22)26)34-14-21(32)27-23-20(13-25)15(2)16(3)30(23)18-7-5-6-8-18/h9-12,18H,4-8,14,26H2,1-3H3,(H,27,32). The summed E-state index contributed by atoms with van der Waals surface area (Å²) < 4.78 is 8.98. The molecule has 0 saturated heterocycles. The summed E-state index contributed by atoms with van der Waals surface area (Å²) >= 11 is 1.20. The summed E-state index contributed by atoms with van der Waals surface area (Å²) in [6, 6.07) is 10.0. The molecule has 1 aromatic carbocycles. The van der Waals surface area contributed by atoms with Crippen LogP contribution in [0.4, 0.5) is 5.82 Å². The van der Waals surface area contributed by atoms with Gasteiger partial charge in [-0.1, -0.05) is 24.6 Å². The maximum atomic E-state index is 12.9. The first-order chi connectivity index (χ1) is 16.4. The predicted molar refractivity (Wildman–Crippen MR) is 132 cm³/mol. The highest BCUT2D eigenvalue weighted by Crippen LogP contribution is 2.37. The molecule has 1 saturated carbocycles. The van der Waals surface area contributed by atoms with E-state index < -0.39 is 0 Å². The SMILES string of the molecule is CCOc1ccc(-c2nnc(SCC(=O)Nc3c(C#N)c(C)c(C)n3C3CCCC3)n2N)cc1. The number of nitrogens with zero attached hydrogens (tertiary/aromatic N) is 5. The van der Waals surface area contributed by atoms with E-state index in [0.717, 1.165) is 48.3 Å². The van der Waals surface area contributed by atoms with Crippen LogP contribution in [0.5, 0.6) is 5.75 Å². The molecule has 1 aliphatic rings. The topological polar surface area (TPSA) is 124 Å². The Bertz CT molecular complexity index is 1220. The number of thioether (sulfide) groups is 1. The molecule has 2 heterocycles. The number of anilines is 1. The number of nitriles is 1. The zero-order chi connectivity index (χ0) is 24.2. The fraction of sp³-hybridized carbons (Fsp3) is 0.417. The van der Waals surface area contributed by atoms with Gasteiger partial charge in [0.15, 0.2) is 5.82 Å². The Morgan fingerprint density at radius 1 is 1.26 bits per heavy atom. The van der Waals surface area contributed by atoms with E-state index in [-0.39, 0.29) is 11.7 Å². The van der Waals surface area contributed by atoms with Crippen LogP contribution in [0.1, 0.15) is 55.5 Å². The van der Waals surface area contributed by atoms with Crippen molar-refractivity contribution in [2.24, 2.45) is 0 Å². The first-order valence-electron chi connectivity index (χ1n) is 11.4. The second-order valence-corrected chi connectivity index (χ2v) is 9.27. The largest absolute Gasteiger partial charge is 0.494 e. The lowest BCUT2D eigenvalue weighted by atomic mass is 10.2. The molecule has 9 nitrogen and oxygen atoms in total. The number of carbonyl (C=O) groups is 1. The molecule has 10 heteroatoms. The molecule has 1 amide bonds.